The van der Waals surface area contributed by atoms with Crippen molar-refractivity contribution >= 4 is 11.8 Å². The van der Waals surface area contributed by atoms with Gasteiger partial charge in [0.2, 0.25) is 0 Å². The van der Waals surface area contributed by atoms with Gasteiger partial charge in [-0.2, -0.15) is 0 Å². The molecule has 0 aliphatic heterocycles. The third-order valence-corrected chi connectivity index (χ3v) is 4.24. The summed E-state index contributed by atoms with van der Waals surface area (Å²) in [6, 6.07) is 8.72. The standard InChI is InChI=1S/C21H38N4/c1-22(2)15-8-18-25(19-9-16-23(3)4)17-7-10-20-11-13-21(14-12-20)24(5)6/h7,10-14H,8-9,15-19H2,1-6H3/b10-7+. The highest BCUT2D eigenvalue weighted by Crippen LogP contribution is 2.13. The quantitative estimate of drug-likeness (QED) is 0.577. The highest BCUT2D eigenvalue weighted by molar-refractivity contribution is 5.55. The molecule has 0 heterocycles. The second-order valence-electron chi connectivity index (χ2n) is 7.50. The normalized spacial score (nSPS) is 12.0. The van der Waals surface area contributed by atoms with E-state index in [4.69, 9.17) is 0 Å². The van der Waals surface area contributed by atoms with Gasteiger partial charge in [0.15, 0.2) is 0 Å². The molecule has 142 valence electrons. The van der Waals surface area contributed by atoms with E-state index in [2.05, 4.69) is 98.3 Å². The predicted octanol–water partition coefficient (Wildman–Crippen LogP) is 2.97. The molecule has 0 atom stereocenters. The van der Waals surface area contributed by atoms with Crippen molar-refractivity contribution in [1.29, 1.82) is 0 Å². The van der Waals surface area contributed by atoms with Crippen LogP contribution in [0.2, 0.25) is 0 Å². The Bertz CT molecular complexity index is 463. The summed E-state index contributed by atoms with van der Waals surface area (Å²) in [5, 5.41) is 0. The Morgan fingerprint density at radius 1 is 0.720 bits per heavy atom. The minimum absolute atomic E-state index is 1.02. The van der Waals surface area contributed by atoms with Gasteiger partial charge in [-0.25, -0.2) is 0 Å². The SMILES string of the molecule is CN(C)CCCN(C/C=C/c1ccc(N(C)C)cc1)CCCN(C)C. The molecule has 1 rings (SSSR count). The van der Waals surface area contributed by atoms with E-state index in [9.17, 15) is 0 Å². The van der Waals surface area contributed by atoms with Crippen molar-refractivity contribution < 1.29 is 0 Å². The van der Waals surface area contributed by atoms with Gasteiger partial charge >= 0.3 is 0 Å². The molecule has 0 saturated heterocycles. The number of hydrogen-bond acceptors (Lipinski definition) is 4. The van der Waals surface area contributed by atoms with Crippen molar-refractivity contribution in [2.45, 2.75) is 12.8 Å². The van der Waals surface area contributed by atoms with Crippen LogP contribution in [0.25, 0.3) is 6.08 Å². The van der Waals surface area contributed by atoms with E-state index in [1.54, 1.807) is 0 Å². The molecule has 0 spiro atoms. The minimum Gasteiger partial charge on any atom is -0.378 e. The summed E-state index contributed by atoms with van der Waals surface area (Å²) < 4.78 is 0. The highest BCUT2D eigenvalue weighted by atomic mass is 15.1. The molecule has 0 aliphatic carbocycles. The Morgan fingerprint density at radius 3 is 1.68 bits per heavy atom. The van der Waals surface area contributed by atoms with E-state index in [1.807, 2.05) is 0 Å². The van der Waals surface area contributed by atoms with Crippen molar-refractivity contribution in [1.82, 2.24) is 14.7 Å². The molecular weight excluding hydrogens is 308 g/mol. The van der Waals surface area contributed by atoms with Crippen LogP contribution in [0.4, 0.5) is 5.69 Å². The molecule has 0 unspecified atom stereocenters. The van der Waals surface area contributed by atoms with Gasteiger partial charge in [0.1, 0.15) is 0 Å². The topological polar surface area (TPSA) is 13.0 Å². The molecule has 4 heteroatoms. The lowest BCUT2D eigenvalue weighted by atomic mass is 10.2. The van der Waals surface area contributed by atoms with Gasteiger partial charge in [-0.3, -0.25) is 4.90 Å². The molecule has 4 nitrogen and oxygen atoms in total. The first-order valence-electron chi connectivity index (χ1n) is 9.34. The lowest BCUT2D eigenvalue weighted by molar-refractivity contribution is 0.261. The van der Waals surface area contributed by atoms with Crippen LogP contribution in [0.15, 0.2) is 30.3 Å². The van der Waals surface area contributed by atoms with Gasteiger partial charge in [-0.15, -0.1) is 0 Å². The number of nitrogens with zero attached hydrogens (tertiary/aromatic N) is 4. The van der Waals surface area contributed by atoms with Crippen LogP contribution in [-0.2, 0) is 0 Å². The van der Waals surface area contributed by atoms with Crippen LogP contribution >= 0.6 is 0 Å². The van der Waals surface area contributed by atoms with Crippen LogP contribution in [0.5, 0.6) is 0 Å². The molecule has 25 heavy (non-hydrogen) atoms. The van der Waals surface area contributed by atoms with E-state index < -0.39 is 0 Å². The second kappa shape index (κ2) is 12.1. The molecule has 0 bridgehead atoms. The molecule has 0 fully saturated rings. The molecule has 0 amide bonds. The molecule has 0 radical (unpaired) electrons. The van der Waals surface area contributed by atoms with Crippen LogP contribution in [0, 0.1) is 0 Å². The van der Waals surface area contributed by atoms with Crippen molar-refractivity contribution in [3.05, 3.63) is 35.9 Å². The van der Waals surface area contributed by atoms with Gasteiger partial charge in [0.05, 0.1) is 0 Å². The van der Waals surface area contributed by atoms with E-state index in [-0.39, 0.29) is 0 Å². The number of rotatable bonds is 12. The summed E-state index contributed by atoms with van der Waals surface area (Å²) in [5.74, 6) is 0. The predicted molar refractivity (Wildman–Crippen MR) is 113 cm³/mol. The lowest BCUT2D eigenvalue weighted by Gasteiger charge is -2.22. The summed E-state index contributed by atoms with van der Waals surface area (Å²) in [6.07, 6.45) is 6.99. The lowest BCUT2D eigenvalue weighted by Crippen LogP contribution is -2.30. The van der Waals surface area contributed by atoms with Gasteiger partial charge in [-0.05, 0) is 84.9 Å². The molecule has 1 aromatic carbocycles. The number of benzene rings is 1. The number of anilines is 1. The van der Waals surface area contributed by atoms with E-state index in [1.165, 1.54) is 24.1 Å². The zero-order valence-corrected chi connectivity index (χ0v) is 17.2. The maximum absolute atomic E-state index is 2.57. The average molecular weight is 347 g/mol. The Morgan fingerprint density at radius 2 is 1.24 bits per heavy atom. The van der Waals surface area contributed by atoms with Crippen molar-refractivity contribution in [2.75, 3.05) is 79.9 Å². The monoisotopic (exact) mass is 346 g/mol. The summed E-state index contributed by atoms with van der Waals surface area (Å²) in [4.78, 5) is 9.22. The van der Waals surface area contributed by atoms with Crippen LogP contribution in [0.3, 0.4) is 0 Å². The smallest absolute Gasteiger partial charge is 0.0361 e. The van der Waals surface area contributed by atoms with Crippen molar-refractivity contribution in [3.8, 4) is 0 Å². The van der Waals surface area contributed by atoms with Gasteiger partial charge in [0, 0.05) is 26.3 Å². The zero-order valence-electron chi connectivity index (χ0n) is 17.2. The summed E-state index contributed by atoms with van der Waals surface area (Å²) >= 11 is 0. The van der Waals surface area contributed by atoms with Gasteiger partial charge in [0.25, 0.3) is 0 Å². The minimum atomic E-state index is 1.02. The Kier molecular flexibility index (Phi) is 10.5. The fraction of sp³-hybridized carbons (Fsp3) is 0.619. The Hall–Kier alpha value is -1.36. The molecule has 0 aromatic heterocycles. The summed E-state index contributed by atoms with van der Waals surface area (Å²) in [7, 11) is 12.7. The first kappa shape index (κ1) is 21.7. The van der Waals surface area contributed by atoms with Crippen molar-refractivity contribution in [3.63, 3.8) is 0 Å². The first-order chi connectivity index (χ1) is 11.9. The summed E-state index contributed by atoms with van der Waals surface area (Å²) in [5.41, 5.74) is 2.51. The molecule has 1 aromatic rings. The van der Waals surface area contributed by atoms with E-state index >= 15 is 0 Å². The zero-order chi connectivity index (χ0) is 18.7. The summed E-state index contributed by atoms with van der Waals surface area (Å²) in [6.45, 7) is 5.65. The van der Waals surface area contributed by atoms with E-state index in [0.717, 1.165) is 32.7 Å². The average Bonchev–Trinajstić information content (AvgIpc) is 2.54. The van der Waals surface area contributed by atoms with Gasteiger partial charge in [-0.1, -0.05) is 24.3 Å². The Labute approximate surface area is 155 Å². The van der Waals surface area contributed by atoms with Crippen molar-refractivity contribution in [2.24, 2.45) is 0 Å². The molecular formula is C21H38N4. The van der Waals surface area contributed by atoms with E-state index in [0.29, 0.717) is 0 Å². The highest BCUT2D eigenvalue weighted by Gasteiger charge is 2.04. The molecule has 0 aliphatic rings. The van der Waals surface area contributed by atoms with Crippen LogP contribution in [-0.4, -0.2) is 89.7 Å². The largest absolute Gasteiger partial charge is 0.378 e. The third kappa shape index (κ3) is 10.3. The maximum Gasteiger partial charge on any atom is 0.0361 e. The van der Waals surface area contributed by atoms with Crippen LogP contribution in [0.1, 0.15) is 18.4 Å². The second-order valence-corrected chi connectivity index (χ2v) is 7.50. The first-order valence-corrected chi connectivity index (χ1v) is 9.34. The van der Waals surface area contributed by atoms with Gasteiger partial charge < -0.3 is 14.7 Å². The van der Waals surface area contributed by atoms with Crippen LogP contribution < -0.4 is 4.90 Å². The maximum atomic E-state index is 2.57. The molecule has 0 N–H and O–H groups in total. The Balaban J connectivity index is 2.50. The molecule has 0 saturated carbocycles. The fourth-order valence-electron chi connectivity index (χ4n) is 2.74. The number of hydrogen-bond donors (Lipinski definition) is 0. The third-order valence-electron chi connectivity index (χ3n) is 4.24. The fourth-order valence-corrected chi connectivity index (χ4v) is 2.74.